The van der Waals surface area contributed by atoms with E-state index < -0.39 is 0 Å². The lowest BCUT2D eigenvalue weighted by Gasteiger charge is -2.08. The van der Waals surface area contributed by atoms with Gasteiger partial charge in [-0.3, -0.25) is 15.1 Å². The summed E-state index contributed by atoms with van der Waals surface area (Å²) in [6.45, 7) is 1.77. The lowest BCUT2D eigenvalue weighted by Crippen LogP contribution is -2.31. The molecule has 76 valence electrons. The largest absolute Gasteiger partial charge is 0.353 e. The summed E-state index contributed by atoms with van der Waals surface area (Å²) in [6, 6.07) is 10.3. The van der Waals surface area contributed by atoms with Gasteiger partial charge in [-0.05, 0) is 12.1 Å². The van der Waals surface area contributed by atoms with Crippen LogP contribution in [-0.2, 0) is 0 Å². The van der Waals surface area contributed by atoms with Gasteiger partial charge in [-0.15, -0.1) is 0 Å². The second-order valence-corrected chi connectivity index (χ2v) is 3.51. The second-order valence-electron chi connectivity index (χ2n) is 3.51. The maximum atomic E-state index is 4.29. The fourth-order valence-electron chi connectivity index (χ4n) is 1.77. The number of rotatable bonds is 1. The van der Waals surface area contributed by atoms with Crippen molar-refractivity contribution in [1.82, 2.24) is 9.99 Å². The number of hydrogen-bond acceptors (Lipinski definition) is 3. The first-order chi connectivity index (χ1) is 7.43. The molecule has 3 rings (SSSR count). The van der Waals surface area contributed by atoms with Crippen molar-refractivity contribution in [2.75, 3.05) is 18.5 Å². The fourth-order valence-corrected chi connectivity index (χ4v) is 1.77. The first-order valence-corrected chi connectivity index (χ1v) is 5.05. The summed E-state index contributed by atoms with van der Waals surface area (Å²) in [6.07, 6.45) is 2.01. The van der Waals surface area contributed by atoms with Crippen LogP contribution in [0, 0.1) is 0 Å². The molecule has 2 heterocycles. The molecule has 0 fully saturated rings. The van der Waals surface area contributed by atoms with Crippen LogP contribution in [0.1, 0.15) is 0 Å². The smallest absolute Gasteiger partial charge is 0.210 e. The fraction of sp³-hybridized carbons (Fsp3) is 0.182. The van der Waals surface area contributed by atoms with Gasteiger partial charge < -0.3 is 5.32 Å². The van der Waals surface area contributed by atoms with Crippen molar-refractivity contribution in [3.8, 4) is 0 Å². The number of aliphatic imine (C=N–C) groups is 1. The van der Waals surface area contributed by atoms with Gasteiger partial charge in [-0.1, -0.05) is 18.2 Å². The SMILES string of the molecule is c1ccc2c(c1)ccn2NC1=NCCN1. The second kappa shape index (κ2) is 3.31. The Morgan fingerprint density at radius 1 is 1.27 bits per heavy atom. The van der Waals surface area contributed by atoms with E-state index in [9.17, 15) is 0 Å². The monoisotopic (exact) mass is 200 g/mol. The van der Waals surface area contributed by atoms with E-state index >= 15 is 0 Å². The van der Waals surface area contributed by atoms with Crippen LogP contribution in [0.25, 0.3) is 10.9 Å². The van der Waals surface area contributed by atoms with Crippen molar-refractivity contribution < 1.29 is 0 Å². The Labute approximate surface area is 87.6 Å². The van der Waals surface area contributed by atoms with Crippen LogP contribution in [0.3, 0.4) is 0 Å². The van der Waals surface area contributed by atoms with E-state index in [1.54, 1.807) is 0 Å². The lowest BCUT2D eigenvalue weighted by molar-refractivity contribution is 0.941. The van der Waals surface area contributed by atoms with Gasteiger partial charge in [0.2, 0.25) is 5.96 Å². The summed E-state index contributed by atoms with van der Waals surface area (Å²) in [5.41, 5.74) is 4.38. The molecule has 0 saturated carbocycles. The van der Waals surface area contributed by atoms with E-state index in [4.69, 9.17) is 0 Å². The lowest BCUT2D eigenvalue weighted by atomic mass is 10.3. The molecule has 15 heavy (non-hydrogen) atoms. The van der Waals surface area contributed by atoms with Crippen molar-refractivity contribution in [3.05, 3.63) is 36.5 Å². The standard InChI is InChI=1S/C11H12N4/c1-2-4-10-9(3-1)5-8-15(10)14-11-12-6-7-13-11/h1-5,8H,6-7H2,(H2,12,13,14). The molecule has 0 atom stereocenters. The Balaban J connectivity index is 1.97. The van der Waals surface area contributed by atoms with Crippen LogP contribution in [0.5, 0.6) is 0 Å². The number of nitrogens with one attached hydrogen (secondary N) is 2. The van der Waals surface area contributed by atoms with E-state index in [2.05, 4.69) is 33.9 Å². The highest BCUT2D eigenvalue weighted by atomic mass is 15.5. The average molecular weight is 200 g/mol. The Hall–Kier alpha value is -1.97. The molecular formula is C11H12N4. The van der Waals surface area contributed by atoms with E-state index in [0.29, 0.717) is 0 Å². The van der Waals surface area contributed by atoms with Crippen molar-refractivity contribution in [1.29, 1.82) is 0 Å². The highest BCUT2D eigenvalue weighted by Gasteiger charge is 2.05. The molecule has 0 aliphatic carbocycles. The summed E-state index contributed by atoms with van der Waals surface area (Å²) in [4.78, 5) is 4.29. The van der Waals surface area contributed by atoms with E-state index in [-0.39, 0.29) is 0 Å². The molecule has 1 aromatic heterocycles. The van der Waals surface area contributed by atoms with Gasteiger partial charge >= 0.3 is 0 Å². The quantitative estimate of drug-likeness (QED) is 0.725. The van der Waals surface area contributed by atoms with Crippen LogP contribution < -0.4 is 10.7 Å². The zero-order valence-corrected chi connectivity index (χ0v) is 8.27. The Morgan fingerprint density at radius 2 is 2.20 bits per heavy atom. The molecule has 4 heteroatoms. The number of fused-ring (bicyclic) bond motifs is 1. The number of guanidine groups is 1. The molecule has 1 aliphatic heterocycles. The van der Waals surface area contributed by atoms with Gasteiger partial charge in [0.15, 0.2) is 0 Å². The molecule has 0 unspecified atom stereocenters. The highest BCUT2D eigenvalue weighted by Crippen LogP contribution is 2.13. The first-order valence-electron chi connectivity index (χ1n) is 5.05. The van der Waals surface area contributed by atoms with Crippen LogP contribution in [0.4, 0.5) is 0 Å². The molecule has 0 saturated heterocycles. The zero-order chi connectivity index (χ0) is 10.1. The minimum atomic E-state index is 0.844. The summed E-state index contributed by atoms with van der Waals surface area (Å²) in [7, 11) is 0. The van der Waals surface area contributed by atoms with Gasteiger partial charge in [0.05, 0.1) is 12.1 Å². The highest BCUT2D eigenvalue weighted by molar-refractivity contribution is 5.91. The zero-order valence-electron chi connectivity index (χ0n) is 8.27. The van der Waals surface area contributed by atoms with Crippen molar-refractivity contribution in [2.45, 2.75) is 0 Å². The van der Waals surface area contributed by atoms with E-state index in [1.807, 2.05) is 23.0 Å². The summed E-state index contributed by atoms with van der Waals surface area (Å²) < 4.78 is 1.98. The van der Waals surface area contributed by atoms with Gasteiger partial charge in [0.25, 0.3) is 0 Å². The minimum Gasteiger partial charge on any atom is -0.353 e. The predicted molar refractivity (Wildman–Crippen MR) is 61.6 cm³/mol. The third-order valence-electron chi connectivity index (χ3n) is 2.50. The molecular weight excluding hydrogens is 188 g/mol. The third kappa shape index (κ3) is 1.44. The van der Waals surface area contributed by atoms with Crippen molar-refractivity contribution >= 4 is 16.9 Å². The van der Waals surface area contributed by atoms with Gasteiger partial charge in [-0.2, -0.15) is 0 Å². The summed E-state index contributed by atoms with van der Waals surface area (Å²) in [5, 5.41) is 4.40. The number of hydrogen-bond donors (Lipinski definition) is 2. The maximum Gasteiger partial charge on any atom is 0.210 e. The average Bonchev–Trinajstić information content (AvgIpc) is 2.89. The van der Waals surface area contributed by atoms with Crippen LogP contribution >= 0.6 is 0 Å². The maximum absolute atomic E-state index is 4.29. The predicted octanol–water partition coefficient (Wildman–Crippen LogP) is 1.14. The van der Waals surface area contributed by atoms with Crippen LogP contribution in [0.2, 0.25) is 0 Å². The topological polar surface area (TPSA) is 41.4 Å². The Morgan fingerprint density at radius 3 is 3.07 bits per heavy atom. The number of aromatic nitrogens is 1. The normalized spacial score (nSPS) is 15.1. The van der Waals surface area contributed by atoms with Crippen molar-refractivity contribution in [2.24, 2.45) is 4.99 Å². The molecule has 1 aromatic carbocycles. The molecule has 4 nitrogen and oxygen atoms in total. The Kier molecular flexibility index (Phi) is 1.84. The van der Waals surface area contributed by atoms with E-state index in [1.165, 1.54) is 5.39 Å². The van der Waals surface area contributed by atoms with Crippen molar-refractivity contribution in [3.63, 3.8) is 0 Å². The number of benzene rings is 1. The molecule has 1 aliphatic rings. The third-order valence-corrected chi connectivity index (χ3v) is 2.50. The first kappa shape index (κ1) is 8.35. The number of nitrogens with zero attached hydrogens (tertiary/aromatic N) is 2. The molecule has 0 spiro atoms. The van der Waals surface area contributed by atoms with Crippen LogP contribution in [-0.4, -0.2) is 23.7 Å². The minimum absolute atomic E-state index is 0.844. The van der Waals surface area contributed by atoms with Gasteiger partial charge in [-0.25, -0.2) is 0 Å². The number of para-hydroxylation sites is 1. The molecule has 0 bridgehead atoms. The summed E-state index contributed by atoms with van der Waals surface area (Å²) >= 11 is 0. The summed E-state index contributed by atoms with van der Waals surface area (Å²) in [5.74, 6) is 0.844. The molecule has 2 N–H and O–H groups in total. The molecule has 2 aromatic rings. The van der Waals surface area contributed by atoms with Gasteiger partial charge in [0, 0.05) is 18.1 Å². The van der Waals surface area contributed by atoms with Crippen LogP contribution in [0.15, 0.2) is 41.5 Å². The molecule has 0 radical (unpaired) electrons. The molecule has 0 amide bonds. The Bertz CT molecular complexity index is 512. The van der Waals surface area contributed by atoms with Gasteiger partial charge in [0.1, 0.15) is 0 Å². The van der Waals surface area contributed by atoms with E-state index in [0.717, 1.165) is 24.6 Å².